The van der Waals surface area contributed by atoms with Gasteiger partial charge in [0.05, 0.1) is 36.1 Å². The van der Waals surface area contributed by atoms with Gasteiger partial charge < -0.3 is 14.0 Å². The van der Waals surface area contributed by atoms with Crippen molar-refractivity contribution in [2.75, 3.05) is 19.1 Å². The maximum Gasteiger partial charge on any atom is 0.247 e. The average Bonchev–Trinajstić information content (AvgIpc) is 3.24. The van der Waals surface area contributed by atoms with Crippen LogP contribution in [0.3, 0.4) is 0 Å². The van der Waals surface area contributed by atoms with Gasteiger partial charge in [-0.3, -0.25) is 9.78 Å². The lowest BCUT2D eigenvalue weighted by Crippen LogP contribution is -2.23. The van der Waals surface area contributed by atoms with Crippen LogP contribution in [0.1, 0.15) is 6.92 Å². The lowest BCUT2D eigenvalue weighted by atomic mass is 10.00. The molecule has 0 saturated heterocycles. The summed E-state index contributed by atoms with van der Waals surface area (Å²) < 4.78 is 16.8. The molecule has 0 aliphatic heterocycles. The van der Waals surface area contributed by atoms with Crippen molar-refractivity contribution in [3.8, 4) is 33.9 Å². The molecular formula is C24H20ClN3O4. The third kappa shape index (κ3) is 3.78. The number of nitrogens with zero attached hydrogens (tertiary/aromatic N) is 3. The minimum atomic E-state index is -0.284. The van der Waals surface area contributed by atoms with E-state index in [2.05, 4.69) is 10.1 Å². The minimum Gasteiger partial charge on any atom is -0.493 e. The van der Waals surface area contributed by atoms with Crippen molar-refractivity contribution in [3.63, 3.8) is 0 Å². The van der Waals surface area contributed by atoms with Gasteiger partial charge in [0.1, 0.15) is 5.69 Å². The Balaban J connectivity index is 2.02. The van der Waals surface area contributed by atoms with Crippen LogP contribution in [0.4, 0.5) is 11.6 Å². The van der Waals surface area contributed by atoms with Gasteiger partial charge in [0.25, 0.3) is 0 Å². The summed E-state index contributed by atoms with van der Waals surface area (Å²) >= 11 is 6.42. The number of benzene rings is 2. The zero-order valence-electron chi connectivity index (χ0n) is 17.7. The van der Waals surface area contributed by atoms with Gasteiger partial charge in [-0.05, 0) is 42.0 Å². The van der Waals surface area contributed by atoms with E-state index < -0.39 is 0 Å². The van der Waals surface area contributed by atoms with Crippen LogP contribution < -0.4 is 14.4 Å². The molecule has 0 N–H and O–H groups in total. The second-order valence-corrected chi connectivity index (χ2v) is 7.20. The zero-order valence-corrected chi connectivity index (χ0v) is 18.5. The van der Waals surface area contributed by atoms with Gasteiger partial charge in [-0.15, -0.1) is 0 Å². The topological polar surface area (TPSA) is 77.7 Å². The van der Waals surface area contributed by atoms with E-state index in [-0.39, 0.29) is 11.8 Å². The molecule has 8 heteroatoms. The number of anilines is 2. The van der Waals surface area contributed by atoms with E-state index in [0.29, 0.717) is 39.0 Å². The van der Waals surface area contributed by atoms with E-state index >= 15 is 0 Å². The van der Waals surface area contributed by atoms with Crippen LogP contribution in [0, 0.1) is 0 Å². The van der Waals surface area contributed by atoms with Gasteiger partial charge in [0.15, 0.2) is 11.5 Å². The van der Waals surface area contributed by atoms with Gasteiger partial charge in [-0.2, -0.15) is 0 Å². The average molecular weight is 450 g/mol. The first kappa shape index (κ1) is 21.4. The summed E-state index contributed by atoms with van der Waals surface area (Å²) in [7, 11) is 3.12. The molecule has 0 radical (unpaired) electrons. The highest BCUT2D eigenvalue weighted by atomic mass is 35.5. The smallest absolute Gasteiger partial charge is 0.247 e. The maximum absolute atomic E-state index is 12.8. The number of aromatic nitrogens is 2. The number of ether oxygens (including phenoxy) is 2. The molecule has 32 heavy (non-hydrogen) atoms. The largest absolute Gasteiger partial charge is 0.493 e. The number of carbonyl (C=O) groups excluding carboxylic acids is 1. The Morgan fingerprint density at radius 2 is 1.75 bits per heavy atom. The van der Waals surface area contributed by atoms with E-state index in [1.54, 1.807) is 56.9 Å². The minimum absolute atomic E-state index is 0.233. The fourth-order valence-corrected chi connectivity index (χ4v) is 3.75. The van der Waals surface area contributed by atoms with Crippen LogP contribution in [0.25, 0.3) is 22.4 Å². The highest BCUT2D eigenvalue weighted by molar-refractivity contribution is 6.34. The molecule has 4 rings (SSSR count). The van der Waals surface area contributed by atoms with Crippen molar-refractivity contribution < 1.29 is 18.8 Å². The Bertz CT molecular complexity index is 1260. The summed E-state index contributed by atoms with van der Waals surface area (Å²) in [6.07, 6.45) is 3.32. The molecule has 0 aliphatic rings. The molecule has 0 aliphatic carbocycles. The molecule has 0 saturated carbocycles. The van der Waals surface area contributed by atoms with E-state index in [0.717, 1.165) is 5.56 Å². The molecule has 0 spiro atoms. The van der Waals surface area contributed by atoms with Gasteiger partial charge in [0.2, 0.25) is 11.8 Å². The first-order valence-corrected chi connectivity index (χ1v) is 10.1. The lowest BCUT2D eigenvalue weighted by Gasteiger charge is -2.20. The quantitative estimate of drug-likeness (QED) is 0.372. The number of pyridine rings is 1. The fourth-order valence-electron chi connectivity index (χ4n) is 3.53. The Hall–Kier alpha value is -3.84. The van der Waals surface area contributed by atoms with E-state index in [9.17, 15) is 4.79 Å². The summed E-state index contributed by atoms with van der Waals surface area (Å²) in [5, 5.41) is 4.74. The van der Waals surface area contributed by atoms with Gasteiger partial charge in [-0.25, -0.2) is 4.90 Å². The SMILES string of the molecule is COc1cccc(-c2noc(N(C(C)=O)c3ccccc3Cl)c2-c2ccncc2)c1OC. The van der Waals surface area contributed by atoms with Crippen molar-refractivity contribution in [1.29, 1.82) is 0 Å². The predicted molar refractivity (Wildman–Crippen MR) is 123 cm³/mol. The van der Waals surface area contributed by atoms with E-state index in [1.165, 1.54) is 11.8 Å². The van der Waals surface area contributed by atoms with Crippen LogP contribution in [0.2, 0.25) is 5.02 Å². The first-order valence-electron chi connectivity index (χ1n) is 9.73. The fraction of sp³-hybridized carbons (Fsp3) is 0.125. The summed E-state index contributed by atoms with van der Waals surface area (Å²) in [6, 6.07) is 16.1. The molecule has 2 aromatic carbocycles. The molecule has 4 aromatic rings. The van der Waals surface area contributed by atoms with Crippen LogP contribution in [0.5, 0.6) is 11.5 Å². The molecule has 0 unspecified atom stereocenters. The Labute approximate surface area is 190 Å². The molecule has 0 bridgehead atoms. The zero-order chi connectivity index (χ0) is 22.7. The number of amides is 1. The summed E-state index contributed by atoms with van der Waals surface area (Å²) in [5.74, 6) is 0.993. The van der Waals surface area contributed by atoms with Crippen LogP contribution in [-0.4, -0.2) is 30.3 Å². The van der Waals surface area contributed by atoms with Gasteiger partial charge in [-0.1, -0.05) is 35.0 Å². The Morgan fingerprint density at radius 1 is 1.00 bits per heavy atom. The maximum atomic E-state index is 12.8. The summed E-state index contributed by atoms with van der Waals surface area (Å²) in [5.41, 5.74) is 2.97. The predicted octanol–water partition coefficient (Wildman–Crippen LogP) is 5.76. The first-order chi connectivity index (χ1) is 15.6. The van der Waals surface area contributed by atoms with Gasteiger partial charge >= 0.3 is 0 Å². The lowest BCUT2D eigenvalue weighted by molar-refractivity contribution is -0.116. The Morgan fingerprint density at radius 3 is 2.41 bits per heavy atom. The molecule has 0 atom stereocenters. The standard InChI is InChI=1S/C24H20ClN3O4/c1-15(29)28(19-9-5-4-8-18(19)25)24-21(16-11-13-26-14-12-16)22(27-32-24)17-7-6-10-20(30-2)23(17)31-3/h4-14H,1-3H3. The molecule has 2 heterocycles. The molecule has 1 amide bonds. The number of rotatable bonds is 6. The molecule has 162 valence electrons. The highest BCUT2D eigenvalue weighted by Crippen LogP contribution is 2.47. The van der Waals surface area contributed by atoms with Crippen LogP contribution >= 0.6 is 11.6 Å². The monoisotopic (exact) mass is 449 g/mol. The second-order valence-electron chi connectivity index (χ2n) is 6.79. The number of hydrogen-bond donors (Lipinski definition) is 0. The van der Waals surface area contributed by atoms with Gasteiger partial charge in [0, 0.05) is 19.3 Å². The number of halogens is 1. The van der Waals surface area contributed by atoms with Crippen LogP contribution in [-0.2, 0) is 4.79 Å². The molecule has 0 fully saturated rings. The number of para-hydroxylation sites is 2. The molecular weight excluding hydrogens is 430 g/mol. The van der Waals surface area contributed by atoms with E-state index in [4.69, 9.17) is 25.6 Å². The summed E-state index contributed by atoms with van der Waals surface area (Å²) in [4.78, 5) is 18.3. The van der Waals surface area contributed by atoms with Crippen molar-refractivity contribution in [2.24, 2.45) is 0 Å². The molecule has 7 nitrogen and oxygen atoms in total. The number of methoxy groups -OCH3 is 2. The molecule has 2 aromatic heterocycles. The summed E-state index contributed by atoms with van der Waals surface area (Å²) in [6.45, 7) is 1.44. The second kappa shape index (κ2) is 9.11. The number of hydrogen-bond acceptors (Lipinski definition) is 6. The van der Waals surface area contributed by atoms with E-state index in [1.807, 2.05) is 24.3 Å². The normalized spacial score (nSPS) is 10.6. The third-order valence-corrected chi connectivity index (χ3v) is 5.23. The van der Waals surface area contributed by atoms with Crippen molar-refractivity contribution in [1.82, 2.24) is 10.1 Å². The van der Waals surface area contributed by atoms with Crippen LogP contribution in [0.15, 0.2) is 71.5 Å². The van der Waals surface area contributed by atoms with Crippen molar-refractivity contribution in [3.05, 3.63) is 72.0 Å². The van der Waals surface area contributed by atoms with Crippen molar-refractivity contribution in [2.45, 2.75) is 6.92 Å². The third-order valence-electron chi connectivity index (χ3n) is 4.91. The number of carbonyl (C=O) groups is 1. The van der Waals surface area contributed by atoms with Crippen molar-refractivity contribution >= 4 is 29.1 Å². The Kier molecular flexibility index (Phi) is 6.09. The highest BCUT2D eigenvalue weighted by Gasteiger charge is 2.30.